The molecule has 0 aliphatic carbocycles. The maximum atomic E-state index is 4.38. The summed E-state index contributed by atoms with van der Waals surface area (Å²) in [7, 11) is 0. The molecule has 0 saturated heterocycles. The zero-order chi connectivity index (χ0) is 38.4. The molecule has 2 aromatic heterocycles. The van der Waals surface area contributed by atoms with Crippen LogP contribution in [0.25, 0.3) is 63.9 Å². The summed E-state index contributed by atoms with van der Waals surface area (Å²) in [5.74, 6) is 0. The Morgan fingerprint density at radius 1 is 0.527 bits per heavy atom. The lowest BCUT2D eigenvalue weighted by Gasteiger charge is -2.19. The summed E-state index contributed by atoms with van der Waals surface area (Å²) in [5, 5.41) is 7.86. The fourth-order valence-electron chi connectivity index (χ4n) is 7.31. The van der Waals surface area contributed by atoms with Gasteiger partial charge in [0.05, 0.1) is 24.1 Å². The van der Waals surface area contributed by atoms with E-state index in [-0.39, 0.29) is 5.41 Å². The van der Waals surface area contributed by atoms with Gasteiger partial charge in [0.25, 0.3) is 0 Å². The monoisotopic (exact) mass is 734 g/mol. The number of rotatable bonds is 7. The molecule has 0 spiro atoms. The van der Waals surface area contributed by atoms with E-state index < -0.39 is 0 Å². The van der Waals surface area contributed by atoms with E-state index in [9.17, 15) is 0 Å². The highest BCUT2D eigenvalue weighted by atomic mass is 32.1. The minimum absolute atomic E-state index is 0.0683. The molecule has 5 heteroatoms. The minimum atomic E-state index is 0.0683. The van der Waals surface area contributed by atoms with Crippen molar-refractivity contribution in [2.24, 2.45) is 15.0 Å². The van der Waals surface area contributed by atoms with E-state index in [2.05, 4.69) is 151 Å². The molecule has 2 heterocycles. The molecule has 0 bridgehead atoms. The molecule has 0 unspecified atom stereocenters. The fraction of sp³-hybridized carbons (Fsp3) is 0.140. The number of hydrogen-bond acceptors (Lipinski definition) is 4. The van der Waals surface area contributed by atoms with Gasteiger partial charge >= 0.3 is 0 Å². The van der Waals surface area contributed by atoms with Gasteiger partial charge in [0, 0.05) is 36.3 Å². The zero-order valence-electron chi connectivity index (χ0n) is 31.9. The molecule has 4 nitrogen and oxygen atoms in total. The lowest BCUT2D eigenvalue weighted by molar-refractivity contribution is 0.591. The molecule has 0 fully saturated rings. The van der Waals surface area contributed by atoms with Gasteiger partial charge in [-0.3, -0.25) is 15.0 Å². The first-order valence-electron chi connectivity index (χ1n) is 18.6. The topological polar surface area (TPSA) is 42.0 Å². The van der Waals surface area contributed by atoms with Crippen LogP contribution in [-0.2, 0) is 25.2 Å². The van der Waals surface area contributed by atoms with Gasteiger partial charge in [-0.15, -0.1) is 11.3 Å². The molecule has 7 aromatic carbocycles. The third-order valence-electron chi connectivity index (χ3n) is 9.92. The van der Waals surface area contributed by atoms with E-state index in [0.29, 0.717) is 6.67 Å². The summed E-state index contributed by atoms with van der Waals surface area (Å²) in [6.07, 6.45) is 0. The molecule has 9 aromatic rings. The number of aromatic nitrogens is 1. The third-order valence-corrected chi connectivity index (χ3v) is 11.2. The number of hydrogen-bond donors (Lipinski definition) is 0. The SMILES string of the molecule is C=NCc1ccccc1.C=NCc1ccccc1.C=NCn1c2ccc(C(C)(C)C)cc2c2c3ccccc3c3sc4c(-c5ccccc5)cccc4c3c21. The van der Waals surface area contributed by atoms with Crippen LogP contribution in [0.5, 0.6) is 0 Å². The molecule has 55 heavy (non-hydrogen) atoms. The fourth-order valence-corrected chi connectivity index (χ4v) is 8.69. The van der Waals surface area contributed by atoms with E-state index in [4.69, 9.17) is 0 Å². The lowest BCUT2D eigenvalue weighted by atomic mass is 9.86. The summed E-state index contributed by atoms with van der Waals surface area (Å²) in [4.78, 5) is 11.9. The van der Waals surface area contributed by atoms with E-state index in [0.717, 1.165) is 13.1 Å². The van der Waals surface area contributed by atoms with Gasteiger partial charge in [-0.25, -0.2) is 0 Å². The van der Waals surface area contributed by atoms with Gasteiger partial charge in [0.15, 0.2) is 0 Å². The van der Waals surface area contributed by atoms with Gasteiger partial charge in [0.2, 0.25) is 0 Å². The van der Waals surface area contributed by atoms with Crippen molar-refractivity contribution >= 4 is 84.2 Å². The summed E-state index contributed by atoms with van der Waals surface area (Å²) >= 11 is 1.91. The van der Waals surface area contributed by atoms with Crippen LogP contribution in [0.1, 0.15) is 37.5 Å². The number of fused-ring (bicyclic) bond motifs is 10. The van der Waals surface area contributed by atoms with Crippen LogP contribution < -0.4 is 0 Å². The van der Waals surface area contributed by atoms with E-state index >= 15 is 0 Å². The average Bonchev–Trinajstić information content (AvgIpc) is 3.76. The van der Waals surface area contributed by atoms with Gasteiger partial charge in [-0.1, -0.05) is 160 Å². The Balaban J connectivity index is 0.000000212. The number of benzene rings is 7. The van der Waals surface area contributed by atoms with Crippen LogP contribution >= 0.6 is 11.3 Å². The predicted octanol–water partition coefficient (Wildman–Crippen LogP) is 13.7. The Morgan fingerprint density at radius 3 is 1.67 bits per heavy atom. The molecular formula is C50H46N4S. The van der Waals surface area contributed by atoms with Crippen LogP contribution in [0.3, 0.4) is 0 Å². The van der Waals surface area contributed by atoms with E-state index in [1.165, 1.54) is 80.6 Å². The quantitative estimate of drug-likeness (QED) is 0.146. The third kappa shape index (κ3) is 7.62. The first-order chi connectivity index (χ1) is 26.8. The van der Waals surface area contributed by atoms with Crippen molar-refractivity contribution in [3.05, 3.63) is 168 Å². The van der Waals surface area contributed by atoms with Crippen LogP contribution in [0.4, 0.5) is 0 Å². The van der Waals surface area contributed by atoms with Crippen LogP contribution in [0, 0.1) is 0 Å². The highest BCUT2D eigenvalue weighted by Crippen LogP contribution is 2.49. The molecule has 0 saturated carbocycles. The zero-order valence-corrected chi connectivity index (χ0v) is 32.7. The van der Waals surface area contributed by atoms with Crippen molar-refractivity contribution in [3.8, 4) is 11.1 Å². The van der Waals surface area contributed by atoms with Gasteiger partial charge in [-0.05, 0) is 70.9 Å². The molecule has 9 rings (SSSR count). The first kappa shape index (κ1) is 37.2. The summed E-state index contributed by atoms with van der Waals surface area (Å²) in [5.41, 5.74) is 8.86. The van der Waals surface area contributed by atoms with E-state index in [1.807, 2.05) is 72.0 Å². The van der Waals surface area contributed by atoms with Crippen molar-refractivity contribution in [2.75, 3.05) is 0 Å². The molecule has 0 atom stereocenters. The maximum Gasteiger partial charge on any atom is 0.114 e. The first-order valence-corrected chi connectivity index (χ1v) is 19.4. The van der Waals surface area contributed by atoms with Crippen molar-refractivity contribution in [1.82, 2.24) is 4.57 Å². The normalized spacial score (nSPS) is 11.3. The summed E-state index contributed by atoms with van der Waals surface area (Å²) in [6, 6.07) is 53.5. The highest BCUT2D eigenvalue weighted by Gasteiger charge is 2.23. The lowest BCUT2D eigenvalue weighted by Crippen LogP contribution is -2.10. The Kier molecular flexibility index (Phi) is 11.1. The predicted molar refractivity (Wildman–Crippen MR) is 243 cm³/mol. The van der Waals surface area contributed by atoms with Crippen molar-refractivity contribution < 1.29 is 0 Å². The summed E-state index contributed by atoms with van der Waals surface area (Å²) in [6.45, 7) is 19.5. The number of aliphatic imine (C=N–C) groups is 3. The van der Waals surface area contributed by atoms with Crippen LogP contribution in [0.15, 0.2) is 167 Å². The largest absolute Gasteiger partial charge is 0.320 e. The second-order valence-electron chi connectivity index (χ2n) is 14.6. The minimum Gasteiger partial charge on any atom is -0.320 e. The van der Waals surface area contributed by atoms with Crippen molar-refractivity contribution in [3.63, 3.8) is 0 Å². The van der Waals surface area contributed by atoms with Crippen molar-refractivity contribution in [2.45, 2.75) is 45.9 Å². The Bertz CT molecular complexity index is 2710. The smallest absolute Gasteiger partial charge is 0.114 e. The second-order valence-corrected chi connectivity index (χ2v) is 15.7. The Hall–Kier alpha value is -6.17. The molecule has 272 valence electrons. The van der Waals surface area contributed by atoms with Crippen LogP contribution in [0.2, 0.25) is 0 Å². The molecule has 0 aliphatic rings. The standard InChI is InChI=1S/C34H28N2S.2C8H9N/c1-34(2,3)22-17-18-28-27(19-22)29-24-13-8-9-14-25(24)33-30(31(29)36(28)20-35-4)26-16-10-15-23(32(26)37-33)21-11-6-5-7-12-21;2*1-9-7-8-5-3-2-4-6-8/h5-19H,4,20H2,1-3H3;2*2-6H,1,7H2. The molecule has 0 N–H and O–H groups in total. The second kappa shape index (κ2) is 16.5. The average molecular weight is 735 g/mol. The molecule has 0 radical (unpaired) electrons. The summed E-state index contributed by atoms with van der Waals surface area (Å²) < 4.78 is 5.05. The molecule has 0 aliphatic heterocycles. The van der Waals surface area contributed by atoms with E-state index in [1.54, 1.807) is 0 Å². The maximum absolute atomic E-state index is 4.38. The van der Waals surface area contributed by atoms with Crippen molar-refractivity contribution in [1.29, 1.82) is 0 Å². The van der Waals surface area contributed by atoms with Gasteiger partial charge in [0.1, 0.15) is 6.67 Å². The number of nitrogens with zero attached hydrogens (tertiary/aromatic N) is 4. The number of thiophene rings is 1. The Labute approximate surface area is 327 Å². The molecule has 0 amide bonds. The molecular weight excluding hydrogens is 689 g/mol. The van der Waals surface area contributed by atoms with Gasteiger partial charge < -0.3 is 4.57 Å². The van der Waals surface area contributed by atoms with Crippen LogP contribution in [-0.4, -0.2) is 24.7 Å². The highest BCUT2D eigenvalue weighted by molar-refractivity contribution is 7.27. The Morgan fingerprint density at radius 2 is 1.09 bits per heavy atom. The van der Waals surface area contributed by atoms with Gasteiger partial charge in [-0.2, -0.15) is 0 Å².